The molecule has 1 N–H and O–H groups in total. The molecule has 5 rings (SSSR count). The van der Waals surface area contributed by atoms with Crippen LogP contribution in [0.3, 0.4) is 0 Å². The number of hydrogen-bond acceptors (Lipinski definition) is 3. The van der Waals surface area contributed by atoms with Crippen molar-refractivity contribution >= 4 is 22.5 Å². The van der Waals surface area contributed by atoms with Crippen molar-refractivity contribution in [3.8, 4) is 28.0 Å². The van der Waals surface area contributed by atoms with Crippen LogP contribution >= 0.6 is 11.6 Å². The van der Waals surface area contributed by atoms with E-state index in [2.05, 4.69) is 10.3 Å². The summed E-state index contributed by atoms with van der Waals surface area (Å²) in [6.07, 6.45) is 6.24. The maximum atomic E-state index is 13.6. The fourth-order valence-corrected chi connectivity index (χ4v) is 4.77. The number of aromatic nitrogens is 1. The monoisotopic (exact) mass is 478 g/mol. The molecule has 3 aromatic carbocycles. The van der Waals surface area contributed by atoms with Gasteiger partial charge in [-0.15, -0.1) is 0 Å². The summed E-state index contributed by atoms with van der Waals surface area (Å²) in [5.74, 6) is 0.0856. The van der Waals surface area contributed by atoms with Crippen LogP contribution in [0.4, 0.5) is 8.78 Å². The number of fused-ring (bicyclic) bond motifs is 1. The summed E-state index contributed by atoms with van der Waals surface area (Å²) in [5.41, 5.74) is 3.88. The first-order valence-corrected chi connectivity index (χ1v) is 12.0. The lowest BCUT2D eigenvalue weighted by atomic mass is 9.99. The molecule has 0 amide bonds. The van der Waals surface area contributed by atoms with E-state index < -0.39 is 0 Å². The fourth-order valence-electron chi connectivity index (χ4n) is 4.50. The third kappa shape index (κ3) is 4.91. The SMILES string of the molecule is Fc1ccc(-c2cc3c(OCC[C@H]4CCCCN4)c(-c4ccc(F)cc4)cnc3cc2Cl)cc1. The second-order valence-electron chi connectivity index (χ2n) is 8.65. The highest BCUT2D eigenvalue weighted by atomic mass is 35.5. The number of hydrogen-bond donors (Lipinski definition) is 1. The molecule has 1 atom stereocenters. The Hall–Kier alpha value is -3.02. The Morgan fingerprint density at radius 3 is 2.24 bits per heavy atom. The molecule has 1 saturated heterocycles. The van der Waals surface area contributed by atoms with Crippen molar-refractivity contribution in [3.05, 3.63) is 83.5 Å². The first-order valence-electron chi connectivity index (χ1n) is 11.6. The Morgan fingerprint density at radius 2 is 1.59 bits per heavy atom. The van der Waals surface area contributed by atoms with Crippen molar-refractivity contribution in [2.45, 2.75) is 31.7 Å². The molecule has 2 heterocycles. The topological polar surface area (TPSA) is 34.1 Å². The van der Waals surface area contributed by atoms with Crippen LogP contribution in [-0.4, -0.2) is 24.2 Å². The van der Waals surface area contributed by atoms with E-state index in [1.54, 1.807) is 36.5 Å². The van der Waals surface area contributed by atoms with Crippen LogP contribution in [0.25, 0.3) is 33.2 Å². The first kappa shape index (κ1) is 22.8. The van der Waals surface area contributed by atoms with E-state index in [9.17, 15) is 8.78 Å². The van der Waals surface area contributed by atoms with Gasteiger partial charge in [0, 0.05) is 28.8 Å². The minimum atomic E-state index is -0.304. The molecule has 1 aliphatic rings. The van der Waals surface area contributed by atoms with Crippen LogP contribution < -0.4 is 10.1 Å². The Kier molecular flexibility index (Phi) is 6.75. The smallest absolute Gasteiger partial charge is 0.138 e. The average Bonchev–Trinajstić information content (AvgIpc) is 2.86. The summed E-state index contributed by atoms with van der Waals surface area (Å²) in [4.78, 5) is 4.62. The molecular weight excluding hydrogens is 454 g/mol. The minimum Gasteiger partial charge on any atom is -0.492 e. The van der Waals surface area contributed by atoms with E-state index in [-0.39, 0.29) is 11.6 Å². The number of benzene rings is 3. The minimum absolute atomic E-state index is 0.297. The predicted molar refractivity (Wildman–Crippen MR) is 133 cm³/mol. The second kappa shape index (κ2) is 10.1. The Balaban J connectivity index is 1.58. The van der Waals surface area contributed by atoms with Gasteiger partial charge in [-0.2, -0.15) is 0 Å². The van der Waals surface area contributed by atoms with Gasteiger partial charge in [0.25, 0.3) is 0 Å². The predicted octanol–water partition coefficient (Wildman–Crippen LogP) is 7.41. The van der Waals surface area contributed by atoms with Crippen molar-refractivity contribution < 1.29 is 13.5 Å². The van der Waals surface area contributed by atoms with Gasteiger partial charge in [-0.25, -0.2) is 8.78 Å². The summed E-state index contributed by atoms with van der Waals surface area (Å²) in [6.45, 7) is 1.59. The third-order valence-corrected chi connectivity index (χ3v) is 6.66. The molecule has 4 aromatic rings. The van der Waals surface area contributed by atoms with E-state index in [0.29, 0.717) is 28.9 Å². The molecule has 0 bridgehead atoms. The summed E-state index contributed by atoms with van der Waals surface area (Å²) in [6, 6.07) is 16.7. The lowest BCUT2D eigenvalue weighted by Gasteiger charge is -2.24. The van der Waals surface area contributed by atoms with E-state index in [1.807, 2.05) is 6.07 Å². The molecule has 0 unspecified atom stereocenters. The Bertz CT molecular complexity index is 1290. The molecule has 0 spiro atoms. The summed E-state index contributed by atoms with van der Waals surface area (Å²) in [5, 5.41) is 4.89. The number of pyridine rings is 1. The van der Waals surface area contributed by atoms with Crippen LogP contribution in [0, 0.1) is 11.6 Å². The van der Waals surface area contributed by atoms with Crippen molar-refractivity contribution in [2.24, 2.45) is 0 Å². The van der Waals surface area contributed by atoms with E-state index in [4.69, 9.17) is 16.3 Å². The van der Waals surface area contributed by atoms with Gasteiger partial charge in [0.2, 0.25) is 0 Å². The lowest BCUT2D eigenvalue weighted by Crippen LogP contribution is -2.35. The van der Waals surface area contributed by atoms with Crippen molar-refractivity contribution in [2.75, 3.05) is 13.2 Å². The summed E-state index contributed by atoms with van der Waals surface area (Å²) < 4.78 is 33.5. The number of ether oxygens (including phenoxy) is 1. The Morgan fingerprint density at radius 1 is 0.912 bits per heavy atom. The van der Waals surface area contributed by atoms with Gasteiger partial charge in [-0.1, -0.05) is 42.3 Å². The van der Waals surface area contributed by atoms with Crippen molar-refractivity contribution in [1.29, 1.82) is 0 Å². The van der Waals surface area contributed by atoms with Crippen molar-refractivity contribution in [1.82, 2.24) is 10.3 Å². The lowest BCUT2D eigenvalue weighted by molar-refractivity contribution is 0.271. The molecule has 1 aromatic heterocycles. The zero-order valence-corrected chi connectivity index (χ0v) is 19.4. The highest BCUT2D eigenvalue weighted by molar-refractivity contribution is 6.34. The molecule has 0 saturated carbocycles. The average molecular weight is 479 g/mol. The maximum Gasteiger partial charge on any atom is 0.138 e. The van der Waals surface area contributed by atoms with Gasteiger partial charge in [-0.05, 0) is 73.3 Å². The number of piperidine rings is 1. The number of halogens is 3. The van der Waals surface area contributed by atoms with Crippen molar-refractivity contribution in [3.63, 3.8) is 0 Å². The molecular formula is C28H25ClF2N2O. The van der Waals surface area contributed by atoms with Crippen LogP contribution in [-0.2, 0) is 0 Å². The standard InChI is InChI=1S/C28H25ClF2N2O/c29-26-16-27-24(15-23(26)18-4-8-20(30)9-5-18)28(34-14-12-22-3-1-2-13-32-22)25(17-33-27)19-6-10-21(31)11-7-19/h4-11,15-17,22,32H,1-3,12-14H2/t22-/m1/s1. The maximum absolute atomic E-state index is 13.6. The van der Waals surface area contributed by atoms with E-state index in [1.165, 1.54) is 37.1 Å². The van der Waals surface area contributed by atoms with Gasteiger partial charge in [-0.3, -0.25) is 4.98 Å². The van der Waals surface area contributed by atoms with Crippen LogP contribution in [0.2, 0.25) is 5.02 Å². The van der Waals surface area contributed by atoms with E-state index in [0.717, 1.165) is 47.0 Å². The van der Waals surface area contributed by atoms with Gasteiger partial charge < -0.3 is 10.1 Å². The number of nitrogens with zero attached hydrogens (tertiary/aromatic N) is 1. The highest BCUT2D eigenvalue weighted by Crippen LogP contribution is 2.40. The van der Waals surface area contributed by atoms with Crippen LogP contribution in [0.15, 0.2) is 66.9 Å². The van der Waals surface area contributed by atoms with Gasteiger partial charge in [0.1, 0.15) is 17.4 Å². The molecule has 1 fully saturated rings. The second-order valence-corrected chi connectivity index (χ2v) is 9.06. The van der Waals surface area contributed by atoms with Gasteiger partial charge in [0.05, 0.1) is 17.1 Å². The molecule has 1 aliphatic heterocycles. The van der Waals surface area contributed by atoms with E-state index >= 15 is 0 Å². The molecule has 3 nitrogen and oxygen atoms in total. The zero-order valence-electron chi connectivity index (χ0n) is 18.7. The summed E-state index contributed by atoms with van der Waals surface area (Å²) in [7, 11) is 0. The largest absolute Gasteiger partial charge is 0.492 e. The molecule has 0 radical (unpaired) electrons. The molecule has 34 heavy (non-hydrogen) atoms. The quantitative estimate of drug-likeness (QED) is 0.313. The molecule has 174 valence electrons. The first-order chi connectivity index (χ1) is 16.6. The van der Waals surface area contributed by atoms with Gasteiger partial charge in [0.15, 0.2) is 0 Å². The normalized spacial score (nSPS) is 16.0. The zero-order chi connectivity index (χ0) is 23.5. The fraction of sp³-hybridized carbons (Fsp3) is 0.250. The summed E-state index contributed by atoms with van der Waals surface area (Å²) >= 11 is 6.59. The number of rotatable bonds is 6. The molecule has 0 aliphatic carbocycles. The van der Waals surface area contributed by atoms with Crippen LogP contribution in [0.5, 0.6) is 5.75 Å². The molecule has 6 heteroatoms. The highest BCUT2D eigenvalue weighted by Gasteiger charge is 2.18. The van der Waals surface area contributed by atoms with Gasteiger partial charge >= 0.3 is 0 Å². The third-order valence-electron chi connectivity index (χ3n) is 6.34. The number of nitrogens with one attached hydrogen (secondary N) is 1. The Labute approximate surface area is 202 Å². The van der Waals surface area contributed by atoms with Crippen LogP contribution in [0.1, 0.15) is 25.7 Å².